The Morgan fingerprint density at radius 1 is 1.53 bits per heavy atom. The van der Waals surface area contributed by atoms with Crippen molar-refractivity contribution < 1.29 is 4.79 Å². The van der Waals surface area contributed by atoms with Gasteiger partial charge in [0.15, 0.2) is 0 Å². The van der Waals surface area contributed by atoms with Gasteiger partial charge in [0.2, 0.25) is 0 Å². The highest BCUT2D eigenvalue weighted by atomic mass is 35.5. The molecule has 2 aromatic heterocycles. The van der Waals surface area contributed by atoms with Gasteiger partial charge < -0.3 is 5.32 Å². The molecule has 102 valence electrons. The van der Waals surface area contributed by atoms with Gasteiger partial charge in [-0.3, -0.25) is 9.48 Å². The van der Waals surface area contributed by atoms with Crippen LogP contribution in [0.25, 0.3) is 0 Å². The third kappa shape index (κ3) is 3.13. The standard InChI is InChI=1S/C12H15ClN4OS/c1-7-10(11(13)17(3)16-7)12(18)14-5-4-9-6-19-8(2)15-9/h6H,4-5H2,1-3H3,(H,14,18). The number of carbonyl (C=O) groups excluding carboxylic acids is 1. The van der Waals surface area contributed by atoms with Crippen LogP contribution in [0, 0.1) is 13.8 Å². The van der Waals surface area contributed by atoms with Crippen molar-refractivity contribution in [3.63, 3.8) is 0 Å². The molecular weight excluding hydrogens is 284 g/mol. The Balaban J connectivity index is 1.94. The van der Waals surface area contributed by atoms with Crippen LogP contribution in [0.3, 0.4) is 0 Å². The Morgan fingerprint density at radius 3 is 2.79 bits per heavy atom. The van der Waals surface area contributed by atoms with Crippen molar-refractivity contribution in [3.8, 4) is 0 Å². The summed E-state index contributed by atoms with van der Waals surface area (Å²) < 4.78 is 1.50. The Morgan fingerprint density at radius 2 is 2.26 bits per heavy atom. The van der Waals surface area contributed by atoms with Gasteiger partial charge in [-0.05, 0) is 13.8 Å². The summed E-state index contributed by atoms with van der Waals surface area (Å²) in [4.78, 5) is 16.4. The third-order valence-corrected chi connectivity index (χ3v) is 3.97. The first-order valence-electron chi connectivity index (χ1n) is 5.87. The summed E-state index contributed by atoms with van der Waals surface area (Å²) in [7, 11) is 1.71. The molecular formula is C12H15ClN4OS. The van der Waals surface area contributed by atoms with Gasteiger partial charge >= 0.3 is 0 Å². The SMILES string of the molecule is Cc1nc(CCNC(=O)c2c(C)nn(C)c2Cl)cs1. The van der Waals surface area contributed by atoms with Crippen LogP contribution >= 0.6 is 22.9 Å². The number of thiazole rings is 1. The summed E-state index contributed by atoms with van der Waals surface area (Å²) >= 11 is 7.65. The smallest absolute Gasteiger partial charge is 0.256 e. The maximum atomic E-state index is 12.0. The van der Waals surface area contributed by atoms with Crippen molar-refractivity contribution in [2.24, 2.45) is 7.05 Å². The van der Waals surface area contributed by atoms with Crippen molar-refractivity contribution in [3.05, 3.63) is 32.5 Å². The maximum Gasteiger partial charge on any atom is 0.256 e. The molecule has 2 rings (SSSR count). The second-order valence-electron chi connectivity index (χ2n) is 4.24. The van der Waals surface area contributed by atoms with E-state index in [-0.39, 0.29) is 5.91 Å². The largest absolute Gasteiger partial charge is 0.351 e. The highest BCUT2D eigenvalue weighted by Crippen LogP contribution is 2.18. The molecule has 5 nitrogen and oxygen atoms in total. The quantitative estimate of drug-likeness (QED) is 0.940. The number of hydrogen-bond donors (Lipinski definition) is 1. The minimum Gasteiger partial charge on any atom is -0.351 e. The van der Waals surface area contributed by atoms with E-state index in [0.717, 1.165) is 10.7 Å². The van der Waals surface area contributed by atoms with Crippen LogP contribution in [0.5, 0.6) is 0 Å². The second kappa shape index (κ2) is 5.71. The number of aryl methyl sites for hydroxylation is 3. The van der Waals surface area contributed by atoms with Gasteiger partial charge in [0.25, 0.3) is 5.91 Å². The predicted octanol–water partition coefficient (Wildman–Crippen LogP) is 2.12. The van der Waals surface area contributed by atoms with E-state index >= 15 is 0 Å². The maximum absolute atomic E-state index is 12.0. The molecule has 0 unspecified atom stereocenters. The van der Waals surface area contributed by atoms with E-state index in [4.69, 9.17) is 11.6 Å². The van der Waals surface area contributed by atoms with Crippen molar-refractivity contribution in [1.82, 2.24) is 20.1 Å². The molecule has 0 aliphatic carbocycles. The average molecular weight is 299 g/mol. The van der Waals surface area contributed by atoms with Gasteiger partial charge in [0.05, 0.1) is 22.0 Å². The Hall–Kier alpha value is -1.40. The van der Waals surface area contributed by atoms with Gasteiger partial charge in [0, 0.05) is 25.4 Å². The molecule has 2 aromatic rings. The molecule has 0 saturated heterocycles. The lowest BCUT2D eigenvalue weighted by Gasteiger charge is -2.03. The molecule has 0 radical (unpaired) electrons. The zero-order valence-corrected chi connectivity index (χ0v) is 12.6. The summed E-state index contributed by atoms with van der Waals surface area (Å²) in [6, 6.07) is 0. The van der Waals surface area contributed by atoms with Crippen molar-refractivity contribution >= 4 is 28.8 Å². The van der Waals surface area contributed by atoms with E-state index in [1.807, 2.05) is 12.3 Å². The second-order valence-corrected chi connectivity index (χ2v) is 5.66. The monoisotopic (exact) mass is 298 g/mol. The van der Waals surface area contributed by atoms with Crippen LogP contribution in [0.15, 0.2) is 5.38 Å². The van der Waals surface area contributed by atoms with Crippen molar-refractivity contribution in [2.75, 3.05) is 6.54 Å². The molecule has 0 saturated carbocycles. The van der Waals surface area contributed by atoms with Crippen LogP contribution in [-0.2, 0) is 13.5 Å². The summed E-state index contributed by atoms with van der Waals surface area (Å²) in [5.74, 6) is -0.192. The fraction of sp³-hybridized carbons (Fsp3) is 0.417. The van der Waals surface area contributed by atoms with Crippen LogP contribution in [-0.4, -0.2) is 27.2 Å². The molecule has 2 heterocycles. The summed E-state index contributed by atoms with van der Waals surface area (Å²) in [6.07, 6.45) is 0.715. The summed E-state index contributed by atoms with van der Waals surface area (Å²) in [5, 5.41) is 10.4. The van der Waals surface area contributed by atoms with E-state index < -0.39 is 0 Å². The minimum atomic E-state index is -0.192. The Kier molecular flexibility index (Phi) is 4.21. The predicted molar refractivity (Wildman–Crippen MR) is 75.8 cm³/mol. The van der Waals surface area contributed by atoms with Crippen LogP contribution < -0.4 is 5.32 Å². The Labute approximate surface area is 120 Å². The van der Waals surface area contributed by atoms with Crippen molar-refractivity contribution in [1.29, 1.82) is 0 Å². The number of halogens is 1. The molecule has 1 amide bonds. The zero-order chi connectivity index (χ0) is 14.0. The molecule has 19 heavy (non-hydrogen) atoms. The normalized spacial score (nSPS) is 10.7. The van der Waals surface area contributed by atoms with E-state index in [1.54, 1.807) is 25.3 Å². The first-order chi connectivity index (χ1) is 8.99. The lowest BCUT2D eigenvalue weighted by molar-refractivity contribution is 0.0953. The van der Waals surface area contributed by atoms with E-state index in [9.17, 15) is 4.79 Å². The first-order valence-corrected chi connectivity index (χ1v) is 7.13. The molecule has 0 fully saturated rings. The van der Waals surface area contributed by atoms with E-state index in [0.29, 0.717) is 29.4 Å². The van der Waals surface area contributed by atoms with Gasteiger partial charge in [-0.15, -0.1) is 11.3 Å². The first kappa shape index (κ1) is 14.0. The molecule has 0 atom stereocenters. The van der Waals surface area contributed by atoms with Crippen LogP contribution in [0.2, 0.25) is 5.15 Å². The minimum absolute atomic E-state index is 0.192. The number of nitrogens with zero attached hydrogens (tertiary/aromatic N) is 3. The molecule has 0 aromatic carbocycles. The summed E-state index contributed by atoms with van der Waals surface area (Å²) in [5.41, 5.74) is 2.07. The highest BCUT2D eigenvalue weighted by Gasteiger charge is 2.18. The number of nitrogens with one attached hydrogen (secondary N) is 1. The van der Waals surface area contributed by atoms with Gasteiger partial charge in [-0.25, -0.2) is 4.98 Å². The van der Waals surface area contributed by atoms with Gasteiger partial charge in [-0.2, -0.15) is 5.10 Å². The third-order valence-electron chi connectivity index (χ3n) is 2.71. The molecule has 1 N–H and O–H groups in total. The highest BCUT2D eigenvalue weighted by molar-refractivity contribution is 7.09. The topological polar surface area (TPSA) is 59.8 Å². The molecule has 0 spiro atoms. The average Bonchev–Trinajstić information content (AvgIpc) is 2.84. The van der Waals surface area contributed by atoms with E-state index in [2.05, 4.69) is 15.4 Å². The lowest BCUT2D eigenvalue weighted by atomic mass is 10.2. The van der Waals surface area contributed by atoms with Gasteiger partial charge in [-0.1, -0.05) is 11.6 Å². The molecule has 0 aliphatic heterocycles. The zero-order valence-electron chi connectivity index (χ0n) is 11.0. The number of hydrogen-bond acceptors (Lipinski definition) is 4. The molecule has 0 bridgehead atoms. The summed E-state index contributed by atoms with van der Waals surface area (Å²) in [6.45, 7) is 4.27. The fourth-order valence-corrected chi connectivity index (χ4v) is 2.71. The number of rotatable bonds is 4. The van der Waals surface area contributed by atoms with E-state index in [1.165, 1.54) is 4.68 Å². The van der Waals surface area contributed by atoms with Crippen LogP contribution in [0.1, 0.15) is 26.8 Å². The Bertz CT molecular complexity index is 605. The fourth-order valence-electron chi connectivity index (χ4n) is 1.80. The number of amides is 1. The van der Waals surface area contributed by atoms with Gasteiger partial charge in [0.1, 0.15) is 5.15 Å². The van der Waals surface area contributed by atoms with Crippen molar-refractivity contribution in [2.45, 2.75) is 20.3 Å². The molecule has 7 heteroatoms. The molecule has 0 aliphatic rings. The number of aromatic nitrogens is 3. The van der Waals surface area contributed by atoms with Crippen LogP contribution in [0.4, 0.5) is 0 Å². The lowest BCUT2D eigenvalue weighted by Crippen LogP contribution is -2.26. The number of carbonyl (C=O) groups is 1.